The van der Waals surface area contributed by atoms with Crippen LogP contribution in [-0.2, 0) is 9.53 Å². The molecule has 2 rings (SSSR count). The Morgan fingerprint density at radius 2 is 2.11 bits per heavy atom. The third-order valence-corrected chi connectivity index (χ3v) is 4.11. The zero-order chi connectivity index (χ0) is 13.0. The minimum absolute atomic E-state index is 0.0273. The van der Waals surface area contributed by atoms with Gasteiger partial charge in [0.15, 0.2) is 0 Å². The van der Waals surface area contributed by atoms with Crippen molar-refractivity contribution in [2.75, 3.05) is 46.4 Å². The Labute approximate surface area is 109 Å². The molecule has 0 saturated carbocycles. The first-order valence-corrected chi connectivity index (χ1v) is 6.91. The smallest absolute Gasteiger partial charge is 0.323 e. The van der Waals surface area contributed by atoms with Crippen LogP contribution in [0.4, 0.5) is 0 Å². The Kier molecular flexibility index (Phi) is 4.97. The lowest BCUT2D eigenvalue weighted by molar-refractivity contribution is -0.142. The summed E-state index contributed by atoms with van der Waals surface area (Å²) in [6, 6.07) is -0.0273. The van der Waals surface area contributed by atoms with E-state index in [1.807, 2.05) is 7.05 Å². The first-order valence-electron chi connectivity index (χ1n) is 6.91. The molecular weight excluding hydrogens is 232 g/mol. The average molecular weight is 256 g/mol. The third-order valence-electron chi connectivity index (χ3n) is 4.11. The van der Waals surface area contributed by atoms with Gasteiger partial charge in [-0.3, -0.25) is 9.69 Å². The van der Waals surface area contributed by atoms with Gasteiger partial charge in [-0.25, -0.2) is 0 Å². The van der Waals surface area contributed by atoms with Crippen LogP contribution in [0.2, 0.25) is 0 Å². The summed E-state index contributed by atoms with van der Waals surface area (Å²) in [6.07, 6.45) is 3.15. The molecule has 1 N–H and O–H groups in total. The molecule has 2 aliphatic rings. The van der Waals surface area contributed by atoms with Crippen LogP contribution in [0.3, 0.4) is 0 Å². The molecule has 2 saturated heterocycles. The maximum Gasteiger partial charge on any atom is 0.323 e. The maximum atomic E-state index is 11.5. The lowest BCUT2D eigenvalue weighted by atomic mass is 9.95. The largest absolute Gasteiger partial charge is 0.464 e. The molecule has 0 unspecified atom stereocenters. The molecule has 2 heterocycles. The first kappa shape index (κ1) is 13.8. The van der Waals surface area contributed by atoms with Crippen LogP contribution in [0.25, 0.3) is 0 Å². The zero-order valence-corrected chi connectivity index (χ0v) is 11.2. The van der Waals surface area contributed by atoms with Crippen LogP contribution in [0, 0.1) is 5.92 Å². The molecule has 1 atom stereocenters. The highest BCUT2D eigenvalue weighted by molar-refractivity contribution is 5.77. The number of ether oxygens (including phenoxy) is 1. The van der Waals surface area contributed by atoms with E-state index in [0.717, 1.165) is 45.4 Å². The molecular formula is C13H24N2O3. The van der Waals surface area contributed by atoms with Crippen molar-refractivity contribution in [3.8, 4) is 0 Å². The summed E-state index contributed by atoms with van der Waals surface area (Å²) in [5.74, 6) is 0.605. The Bertz CT molecular complexity index is 277. The van der Waals surface area contributed by atoms with Gasteiger partial charge < -0.3 is 14.7 Å². The number of carbonyl (C=O) groups excluding carboxylic acids is 1. The van der Waals surface area contributed by atoms with E-state index in [9.17, 15) is 4.79 Å². The highest BCUT2D eigenvalue weighted by Gasteiger charge is 2.31. The van der Waals surface area contributed by atoms with Gasteiger partial charge in [-0.2, -0.15) is 0 Å². The number of esters is 1. The minimum atomic E-state index is -0.0600. The number of hydrogen-bond donors (Lipinski definition) is 1. The van der Waals surface area contributed by atoms with E-state index in [1.54, 1.807) is 0 Å². The second-order valence-corrected chi connectivity index (χ2v) is 5.42. The van der Waals surface area contributed by atoms with Crippen LogP contribution in [0.15, 0.2) is 0 Å². The van der Waals surface area contributed by atoms with E-state index in [4.69, 9.17) is 9.84 Å². The SMILES string of the molecule is CN(CC1CCN(CCO)CC1)[C@@H]1CCOC1=O. The topological polar surface area (TPSA) is 53.0 Å². The van der Waals surface area contributed by atoms with E-state index in [-0.39, 0.29) is 18.6 Å². The fourth-order valence-electron chi connectivity index (χ4n) is 2.95. The number of hydrogen-bond acceptors (Lipinski definition) is 5. The maximum absolute atomic E-state index is 11.5. The highest BCUT2D eigenvalue weighted by Crippen LogP contribution is 2.20. The van der Waals surface area contributed by atoms with E-state index in [0.29, 0.717) is 12.5 Å². The quantitative estimate of drug-likeness (QED) is 0.698. The molecule has 0 aliphatic carbocycles. The summed E-state index contributed by atoms with van der Waals surface area (Å²) in [7, 11) is 2.03. The summed E-state index contributed by atoms with van der Waals surface area (Å²) in [6.45, 7) is 4.72. The van der Waals surface area contributed by atoms with Crippen molar-refractivity contribution in [3.63, 3.8) is 0 Å². The van der Waals surface area contributed by atoms with Crippen LogP contribution in [0.5, 0.6) is 0 Å². The standard InChI is InChI=1S/C13H24N2O3/c1-14(12-4-9-18-13(12)17)10-11-2-5-15(6-3-11)7-8-16/h11-12,16H,2-10H2,1H3/t12-/m1/s1. The molecule has 5 nitrogen and oxygen atoms in total. The number of β-amino-alcohol motifs (C(OH)–C–C–N with tert-alkyl or cyclic N) is 1. The number of cyclic esters (lactones) is 1. The van der Waals surface area contributed by atoms with Gasteiger partial charge in [-0.1, -0.05) is 0 Å². The molecule has 0 amide bonds. The highest BCUT2D eigenvalue weighted by atomic mass is 16.5. The van der Waals surface area contributed by atoms with Crippen LogP contribution in [-0.4, -0.2) is 73.4 Å². The van der Waals surface area contributed by atoms with Crippen molar-refractivity contribution in [2.24, 2.45) is 5.92 Å². The Hall–Kier alpha value is -0.650. The molecule has 0 aromatic heterocycles. The fraction of sp³-hybridized carbons (Fsp3) is 0.923. The van der Waals surface area contributed by atoms with E-state index in [2.05, 4.69) is 9.80 Å². The Balaban J connectivity index is 1.72. The summed E-state index contributed by atoms with van der Waals surface area (Å²) in [5, 5.41) is 8.90. The molecule has 0 radical (unpaired) electrons. The van der Waals surface area contributed by atoms with Crippen molar-refractivity contribution in [3.05, 3.63) is 0 Å². The number of likely N-dealkylation sites (N-methyl/N-ethyl adjacent to an activating group) is 1. The van der Waals surface area contributed by atoms with E-state index in [1.165, 1.54) is 0 Å². The van der Waals surface area contributed by atoms with Crippen LogP contribution < -0.4 is 0 Å². The predicted octanol–water partition coefficient (Wildman–Crippen LogP) is -0.0620. The second-order valence-electron chi connectivity index (χ2n) is 5.42. The molecule has 2 aliphatic heterocycles. The third kappa shape index (κ3) is 3.43. The zero-order valence-electron chi connectivity index (χ0n) is 11.2. The molecule has 5 heteroatoms. The number of aliphatic hydroxyl groups excluding tert-OH is 1. The molecule has 2 fully saturated rings. The van der Waals surface area contributed by atoms with Gasteiger partial charge in [0.25, 0.3) is 0 Å². The van der Waals surface area contributed by atoms with Crippen molar-refractivity contribution in [1.82, 2.24) is 9.80 Å². The van der Waals surface area contributed by atoms with Gasteiger partial charge in [0.1, 0.15) is 6.04 Å². The van der Waals surface area contributed by atoms with Gasteiger partial charge in [-0.15, -0.1) is 0 Å². The number of carbonyl (C=O) groups is 1. The van der Waals surface area contributed by atoms with Crippen molar-refractivity contribution in [1.29, 1.82) is 0 Å². The minimum Gasteiger partial charge on any atom is -0.464 e. The van der Waals surface area contributed by atoms with Gasteiger partial charge >= 0.3 is 5.97 Å². The van der Waals surface area contributed by atoms with Crippen molar-refractivity contribution in [2.45, 2.75) is 25.3 Å². The number of aliphatic hydroxyl groups is 1. The summed E-state index contributed by atoms with van der Waals surface area (Å²) in [4.78, 5) is 16.0. The number of rotatable bonds is 5. The monoisotopic (exact) mass is 256 g/mol. The van der Waals surface area contributed by atoms with Crippen molar-refractivity contribution >= 4 is 5.97 Å². The fourth-order valence-corrected chi connectivity index (χ4v) is 2.95. The van der Waals surface area contributed by atoms with Crippen molar-refractivity contribution < 1.29 is 14.6 Å². The second kappa shape index (κ2) is 6.50. The molecule has 104 valence electrons. The average Bonchev–Trinajstić information content (AvgIpc) is 2.78. The Morgan fingerprint density at radius 3 is 2.67 bits per heavy atom. The molecule has 0 spiro atoms. The van der Waals surface area contributed by atoms with E-state index >= 15 is 0 Å². The van der Waals surface area contributed by atoms with Gasteiger partial charge in [0, 0.05) is 19.5 Å². The number of likely N-dealkylation sites (tertiary alicyclic amines) is 1. The van der Waals surface area contributed by atoms with Gasteiger partial charge in [-0.05, 0) is 38.9 Å². The van der Waals surface area contributed by atoms with Gasteiger partial charge in [0.2, 0.25) is 0 Å². The van der Waals surface area contributed by atoms with Crippen LogP contribution >= 0.6 is 0 Å². The molecule has 0 bridgehead atoms. The van der Waals surface area contributed by atoms with E-state index < -0.39 is 0 Å². The Morgan fingerprint density at radius 1 is 1.39 bits per heavy atom. The summed E-state index contributed by atoms with van der Waals surface area (Å²) in [5.41, 5.74) is 0. The normalized spacial score (nSPS) is 26.8. The lowest BCUT2D eigenvalue weighted by Crippen LogP contribution is -2.42. The van der Waals surface area contributed by atoms with Crippen LogP contribution in [0.1, 0.15) is 19.3 Å². The summed E-state index contributed by atoms with van der Waals surface area (Å²) < 4.78 is 5.01. The molecule has 0 aromatic rings. The lowest BCUT2D eigenvalue weighted by Gasteiger charge is -2.34. The van der Waals surface area contributed by atoms with Gasteiger partial charge in [0.05, 0.1) is 13.2 Å². The number of piperidine rings is 1. The molecule has 0 aromatic carbocycles. The number of nitrogens with zero attached hydrogens (tertiary/aromatic N) is 2. The summed E-state index contributed by atoms with van der Waals surface area (Å²) >= 11 is 0. The predicted molar refractivity (Wildman–Crippen MR) is 68.2 cm³/mol. The molecule has 18 heavy (non-hydrogen) atoms. The first-order chi connectivity index (χ1) is 8.70.